The number of likely N-dealkylation sites (tertiary alicyclic amines) is 1. The Balaban J connectivity index is 1.27. The van der Waals surface area contributed by atoms with Gasteiger partial charge in [0.2, 0.25) is 5.88 Å². The van der Waals surface area contributed by atoms with E-state index in [-0.39, 0.29) is 5.91 Å². The number of carbonyl (C=O) groups excluding carboxylic acids is 1. The van der Waals surface area contributed by atoms with E-state index in [2.05, 4.69) is 37.5 Å². The van der Waals surface area contributed by atoms with Gasteiger partial charge >= 0.3 is 0 Å². The van der Waals surface area contributed by atoms with Crippen molar-refractivity contribution in [2.24, 2.45) is 0 Å². The lowest BCUT2D eigenvalue weighted by molar-refractivity contribution is 0.0953. The summed E-state index contributed by atoms with van der Waals surface area (Å²) in [6.45, 7) is 4.67. The second-order valence-electron chi connectivity index (χ2n) is 6.99. The molecule has 7 heteroatoms. The third-order valence-electron chi connectivity index (χ3n) is 4.77. The van der Waals surface area contributed by atoms with Crippen molar-refractivity contribution in [3.63, 3.8) is 0 Å². The predicted molar refractivity (Wildman–Crippen MR) is 104 cm³/mol. The average Bonchev–Trinajstić information content (AvgIpc) is 3.23. The van der Waals surface area contributed by atoms with Crippen LogP contribution in [0.2, 0.25) is 0 Å². The van der Waals surface area contributed by atoms with E-state index < -0.39 is 0 Å². The zero-order valence-electron chi connectivity index (χ0n) is 15.8. The van der Waals surface area contributed by atoms with E-state index in [0.29, 0.717) is 24.6 Å². The fourth-order valence-electron chi connectivity index (χ4n) is 3.26. The molecule has 27 heavy (non-hydrogen) atoms. The molecule has 0 saturated carbocycles. The average molecular weight is 371 g/mol. The number of hydrogen-bond donors (Lipinski definition) is 2. The predicted octanol–water partition coefficient (Wildman–Crippen LogP) is 2.77. The summed E-state index contributed by atoms with van der Waals surface area (Å²) >= 11 is 0. The molecule has 0 unspecified atom stereocenters. The SMILES string of the molecule is O=C(NCCCCCOc1cc(CN2CCCCC2)ccn1)c1cn[nH]c1. The number of carbonyl (C=O) groups is 1. The zero-order chi connectivity index (χ0) is 18.7. The Bertz CT molecular complexity index is 683. The number of nitrogens with one attached hydrogen (secondary N) is 2. The van der Waals surface area contributed by atoms with E-state index in [1.807, 2.05) is 6.20 Å². The smallest absolute Gasteiger partial charge is 0.254 e. The van der Waals surface area contributed by atoms with Crippen molar-refractivity contribution in [3.05, 3.63) is 41.9 Å². The Morgan fingerprint density at radius 1 is 1.22 bits per heavy atom. The maximum Gasteiger partial charge on any atom is 0.254 e. The van der Waals surface area contributed by atoms with Crippen LogP contribution < -0.4 is 10.1 Å². The third kappa shape index (κ3) is 6.67. The molecule has 3 rings (SSSR count). The van der Waals surface area contributed by atoms with Crippen LogP contribution >= 0.6 is 0 Å². The molecule has 0 aliphatic carbocycles. The van der Waals surface area contributed by atoms with E-state index in [0.717, 1.165) is 25.8 Å². The molecule has 1 amide bonds. The second-order valence-corrected chi connectivity index (χ2v) is 6.99. The highest BCUT2D eigenvalue weighted by atomic mass is 16.5. The lowest BCUT2D eigenvalue weighted by Crippen LogP contribution is -2.29. The third-order valence-corrected chi connectivity index (χ3v) is 4.77. The number of rotatable bonds is 10. The van der Waals surface area contributed by atoms with Gasteiger partial charge in [0, 0.05) is 31.5 Å². The lowest BCUT2D eigenvalue weighted by Gasteiger charge is -2.26. The van der Waals surface area contributed by atoms with Crippen molar-refractivity contribution < 1.29 is 9.53 Å². The van der Waals surface area contributed by atoms with Crippen LogP contribution in [-0.4, -0.2) is 52.2 Å². The first-order valence-electron chi connectivity index (χ1n) is 9.88. The van der Waals surface area contributed by atoms with Crippen LogP contribution in [0.4, 0.5) is 0 Å². The minimum atomic E-state index is -0.0882. The minimum absolute atomic E-state index is 0.0882. The van der Waals surface area contributed by atoms with Crippen LogP contribution in [0.25, 0.3) is 0 Å². The summed E-state index contributed by atoms with van der Waals surface area (Å²) < 4.78 is 5.79. The number of piperidine rings is 1. The van der Waals surface area contributed by atoms with Crippen LogP contribution in [0.3, 0.4) is 0 Å². The summed E-state index contributed by atoms with van der Waals surface area (Å²) in [7, 11) is 0. The van der Waals surface area contributed by atoms with Crippen LogP contribution in [0.5, 0.6) is 5.88 Å². The van der Waals surface area contributed by atoms with Crippen LogP contribution in [0, 0.1) is 0 Å². The number of hydrogen-bond acceptors (Lipinski definition) is 5. The first kappa shape index (κ1) is 19.4. The van der Waals surface area contributed by atoms with Crippen molar-refractivity contribution >= 4 is 5.91 Å². The Labute approximate surface area is 160 Å². The summed E-state index contributed by atoms with van der Waals surface area (Å²) in [4.78, 5) is 18.6. The number of amides is 1. The molecule has 0 atom stereocenters. The summed E-state index contributed by atoms with van der Waals surface area (Å²) in [6, 6.07) is 4.13. The standard InChI is InChI=1S/C20H29N5O2/c26-20(18-14-23-24-15-18)22-8-3-1-6-12-27-19-13-17(7-9-21-19)16-25-10-4-2-5-11-25/h7,9,13-15H,1-6,8,10-12,16H2,(H,22,26)(H,23,24). The van der Waals surface area contributed by atoms with Crippen molar-refractivity contribution in [3.8, 4) is 5.88 Å². The fraction of sp³-hybridized carbons (Fsp3) is 0.550. The van der Waals surface area contributed by atoms with Crippen molar-refractivity contribution in [2.45, 2.75) is 45.1 Å². The minimum Gasteiger partial charge on any atom is -0.478 e. The van der Waals surface area contributed by atoms with Crippen molar-refractivity contribution in [2.75, 3.05) is 26.2 Å². The Hall–Kier alpha value is -2.41. The second kappa shape index (κ2) is 10.7. The molecule has 2 N–H and O–H groups in total. The fourth-order valence-corrected chi connectivity index (χ4v) is 3.26. The lowest BCUT2D eigenvalue weighted by atomic mass is 10.1. The van der Waals surface area contributed by atoms with Gasteiger partial charge in [0.05, 0.1) is 18.4 Å². The number of unbranched alkanes of at least 4 members (excludes halogenated alkanes) is 2. The molecular formula is C20H29N5O2. The Morgan fingerprint density at radius 3 is 2.93 bits per heavy atom. The highest BCUT2D eigenvalue weighted by Crippen LogP contribution is 2.15. The molecule has 3 heterocycles. The molecule has 146 valence electrons. The quantitative estimate of drug-likeness (QED) is 0.628. The molecule has 2 aromatic rings. The highest BCUT2D eigenvalue weighted by molar-refractivity contribution is 5.93. The maximum atomic E-state index is 11.7. The molecule has 2 aromatic heterocycles. The van der Waals surface area contributed by atoms with Crippen LogP contribution in [-0.2, 0) is 6.54 Å². The first-order valence-corrected chi connectivity index (χ1v) is 9.88. The normalized spacial score (nSPS) is 14.8. The Kier molecular flexibility index (Phi) is 7.65. The number of nitrogens with zero attached hydrogens (tertiary/aromatic N) is 3. The number of aromatic nitrogens is 3. The molecule has 1 aliphatic heterocycles. The summed E-state index contributed by atoms with van der Waals surface area (Å²) in [6.07, 6.45) is 11.8. The van der Waals surface area contributed by atoms with Gasteiger partial charge in [-0.05, 0) is 56.8 Å². The van der Waals surface area contributed by atoms with Crippen LogP contribution in [0.15, 0.2) is 30.7 Å². The molecule has 0 radical (unpaired) electrons. The summed E-state index contributed by atoms with van der Waals surface area (Å²) in [5.41, 5.74) is 1.83. The van der Waals surface area contributed by atoms with E-state index in [9.17, 15) is 4.79 Å². The van der Waals surface area contributed by atoms with Gasteiger partial charge in [-0.2, -0.15) is 5.10 Å². The molecule has 0 bridgehead atoms. The van der Waals surface area contributed by atoms with Gasteiger partial charge in [-0.15, -0.1) is 0 Å². The molecule has 7 nitrogen and oxygen atoms in total. The molecular weight excluding hydrogens is 342 g/mol. The monoisotopic (exact) mass is 371 g/mol. The molecule has 0 aromatic carbocycles. The van der Waals surface area contributed by atoms with Gasteiger partial charge in [-0.1, -0.05) is 6.42 Å². The number of aromatic amines is 1. The topological polar surface area (TPSA) is 83.1 Å². The maximum absolute atomic E-state index is 11.7. The molecule has 1 fully saturated rings. The van der Waals surface area contributed by atoms with Gasteiger partial charge in [0.15, 0.2) is 0 Å². The molecule has 1 aliphatic rings. The van der Waals surface area contributed by atoms with Gasteiger partial charge in [-0.3, -0.25) is 14.8 Å². The molecule has 1 saturated heterocycles. The number of pyridine rings is 1. The van der Waals surface area contributed by atoms with E-state index in [1.54, 1.807) is 6.20 Å². The largest absolute Gasteiger partial charge is 0.478 e. The van der Waals surface area contributed by atoms with Crippen molar-refractivity contribution in [1.29, 1.82) is 0 Å². The van der Waals surface area contributed by atoms with E-state index in [1.165, 1.54) is 44.1 Å². The van der Waals surface area contributed by atoms with E-state index in [4.69, 9.17) is 4.74 Å². The zero-order valence-corrected chi connectivity index (χ0v) is 15.8. The summed E-state index contributed by atoms with van der Waals surface area (Å²) in [5, 5.41) is 9.29. The highest BCUT2D eigenvalue weighted by Gasteiger charge is 2.11. The van der Waals surface area contributed by atoms with Gasteiger partial charge in [0.1, 0.15) is 0 Å². The number of ether oxygens (including phenoxy) is 1. The summed E-state index contributed by atoms with van der Waals surface area (Å²) in [5.74, 6) is 0.618. The first-order chi connectivity index (χ1) is 13.3. The molecule has 0 spiro atoms. The Morgan fingerprint density at radius 2 is 2.11 bits per heavy atom. The van der Waals surface area contributed by atoms with Crippen LogP contribution in [0.1, 0.15) is 54.4 Å². The number of H-pyrrole nitrogens is 1. The van der Waals surface area contributed by atoms with Gasteiger partial charge < -0.3 is 10.1 Å². The van der Waals surface area contributed by atoms with E-state index >= 15 is 0 Å². The van der Waals surface area contributed by atoms with Gasteiger partial charge in [0.25, 0.3) is 5.91 Å². The van der Waals surface area contributed by atoms with Crippen molar-refractivity contribution in [1.82, 2.24) is 25.4 Å². The van der Waals surface area contributed by atoms with Gasteiger partial charge in [-0.25, -0.2) is 4.98 Å².